The van der Waals surface area contributed by atoms with Gasteiger partial charge in [-0.2, -0.15) is 0 Å². The molecule has 1 N–H and O–H groups in total. The van der Waals surface area contributed by atoms with Gasteiger partial charge in [-0.25, -0.2) is 4.98 Å². The second-order valence-electron chi connectivity index (χ2n) is 9.05. The first-order chi connectivity index (χ1) is 17.2. The van der Waals surface area contributed by atoms with E-state index in [0.29, 0.717) is 11.6 Å². The van der Waals surface area contributed by atoms with E-state index in [9.17, 15) is 0 Å². The maximum Gasteiger partial charge on any atom is 0.226 e. The van der Waals surface area contributed by atoms with E-state index in [-0.39, 0.29) is 6.10 Å². The summed E-state index contributed by atoms with van der Waals surface area (Å²) >= 11 is 1.62. The monoisotopic (exact) mass is 485 g/mol. The molecule has 0 spiro atoms. The van der Waals surface area contributed by atoms with E-state index < -0.39 is 0 Å². The molecule has 0 radical (unpaired) electrons. The Morgan fingerprint density at radius 1 is 1.11 bits per heavy atom. The molecule has 7 nitrogen and oxygen atoms in total. The number of ether oxygens (including phenoxy) is 1. The Labute approximate surface area is 207 Å². The van der Waals surface area contributed by atoms with Crippen molar-refractivity contribution in [3.05, 3.63) is 71.7 Å². The summed E-state index contributed by atoms with van der Waals surface area (Å²) in [6.45, 7) is 5.72. The van der Waals surface area contributed by atoms with E-state index in [1.807, 2.05) is 18.3 Å². The minimum absolute atomic E-state index is 0.178. The molecule has 0 bridgehead atoms. The van der Waals surface area contributed by atoms with Gasteiger partial charge < -0.3 is 14.1 Å². The van der Waals surface area contributed by atoms with Gasteiger partial charge >= 0.3 is 0 Å². The molecule has 1 fully saturated rings. The van der Waals surface area contributed by atoms with Crippen molar-refractivity contribution in [1.29, 1.82) is 0 Å². The zero-order valence-corrected chi connectivity index (χ0v) is 20.6. The molecule has 178 valence electrons. The van der Waals surface area contributed by atoms with Crippen LogP contribution in [0.1, 0.15) is 29.7 Å². The second-order valence-corrected chi connectivity index (χ2v) is 9.99. The Bertz CT molecular complexity index is 1480. The fraction of sp³-hybridized carbons (Fsp3) is 0.296. The van der Waals surface area contributed by atoms with Gasteiger partial charge in [-0.05, 0) is 44.4 Å². The average Bonchev–Trinajstić information content (AvgIpc) is 3.65. The Morgan fingerprint density at radius 2 is 2.03 bits per heavy atom. The van der Waals surface area contributed by atoms with E-state index in [2.05, 4.69) is 63.9 Å². The number of hydrogen-bond donors (Lipinski definition) is 1. The van der Waals surface area contributed by atoms with Gasteiger partial charge in [-0.1, -0.05) is 47.7 Å². The van der Waals surface area contributed by atoms with E-state index in [1.165, 1.54) is 5.56 Å². The molecule has 0 aliphatic carbocycles. The summed E-state index contributed by atoms with van der Waals surface area (Å²) in [7, 11) is 0. The van der Waals surface area contributed by atoms with Gasteiger partial charge in [0.05, 0.1) is 18.3 Å². The summed E-state index contributed by atoms with van der Waals surface area (Å²) in [4.78, 5) is 8.10. The summed E-state index contributed by atoms with van der Waals surface area (Å²) in [5.74, 6) is 2.15. The van der Waals surface area contributed by atoms with Crippen LogP contribution in [0.2, 0.25) is 0 Å². The van der Waals surface area contributed by atoms with Gasteiger partial charge in [-0.3, -0.25) is 4.57 Å². The number of nitrogens with zero attached hydrogens (tertiary/aromatic N) is 4. The first-order valence-electron chi connectivity index (χ1n) is 11.9. The molecule has 1 aliphatic heterocycles. The predicted molar refractivity (Wildman–Crippen MR) is 137 cm³/mol. The molecule has 0 saturated carbocycles. The predicted octanol–water partition coefficient (Wildman–Crippen LogP) is 6.17. The Morgan fingerprint density at radius 3 is 2.89 bits per heavy atom. The molecule has 35 heavy (non-hydrogen) atoms. The van der Waals surface area contributed by atoms with Crippen LogP contribution in [-0.4, -0.2) is 37.4 Å². The van der Waals surface area contributed by atoms with E-state index >= 15 is 0 Å². The van der Waals surface area contributed by atoms with Gasteiger partial charge in [0, 0.05) is 40.6 Å². The lowest BCUT2D eigenvalue weighted by atomic mass is 10.1. The maximum absolute atomic E-state index is 5.95. The average molecular weight is 486 g/mol. The van der Waals surface area contributed by atoms with Crippen LogP contribution in [0.25, 0.3) is 33.7 Å². The number of aryl methyl sites for hydroxylation is 2. The molecule has 1 saturated heterocycles. The summed E-state index contributed by atoms with van der Waals surface area (Å²) < 4.78 is 14.0. The number of oxazole rings is 1. The van der Waals surface area contributed by atoms with Gasteiger partial charge in [0.1, 0.15) is 6.26 Å². The van der Waals surface area contributed by atoms with Crippen molar-refractivity contribution < 1.29 is 9.15 Å². The maximum atomic E-state index is 5.95. The van der Waals surface area contributed by atoms with Crippen LogP contribution in [0.15, 0.2) is 64.5 Å². The number of fused-ring (bicyclic) bond motifs is 1. The zero-order chi connectivity index (χ0) is 23.8. The van der Waals surface area contributed by atoms with E-state index in [0.717, 1.165) is 70.3 Å². The lowest BCUT2D eigenvalue weighted by Crippen LogP contribution is -2.16. The SMILES string of the molecule is Cc1ccc(-c2nc(CSc3nnc(-c4c[nH]c5ccccc45)n3CC3CCCO3)co2)c(C)c1. The standard InChI is InChI=1S/C27H27N5O2S/c1-17-9-10-21(18(2)12-17)26-29-19(15-34-26)16-35-27-31-30-25(32(27)14-20-6-5-11-33-20)23-13-28-24-8-4-3-7-22(23)24/h3-4,7-10,12-13,15,20,28H,5-6,11,14,16H2,1-2H3. The van der Waals surface area contributed by atoms with Crippen LogP contribution >= 0.6 is 11.8 Å². The number of aromatic amines is 1. The molecule has 4 heterocycles. The van der Waals surface area contributed by atoms with Gasteiger partial charge in [0.15, 0.2) is 11.0 Å². The van der Waals surface area contributed by atoms with Crippen molar-refractivity contribution in [2.45, 2.75) is 50.2 Å². The third-order valence-corrected chi connectivity index (χ3v) is 7.47. The summed E-state index contributed by atoms with van der Waals surface area (Å²) in [6.07, 6.45) is 6.08. The third kappa shape index (κ3) is 4.39. The van der Waals surface area contributed by atoms with E-state index in [1.54, 1.807) is 18.0 Å². The summed E-state index contributed by atoms with van der Waals surface area (Å²) in [6, 6.07) is 14.6. The molecular weight excluding hydrogens is 458 g/mol. The Kier molecular flexibility index (Phi) is 5.91. The molecule has 8 heteroatoms. The normalized spacial score (nSPS) is 15.9. The van der Waals surface area contributed by atoms with E-state index in [4.69, 9.17) is 14.1 Å². The quantitative estimate of drug-likeness (QED) is 0.278. The van der Waals surface area contributed by atoms with Gasteiger partial charge in [-0.15, -0.1) is 10.2 Å². The molecule has 1 atom stereocenters. The minimum atomic E-state index is 0.178. The summed E-state index contributed by atoms with van der Waals surface area (Å²) in [5.41, 5.74) is 6.43. The highest BCUT2D eigenvalue weighted by Crippen LogP contribution is 2.33. The zero-order valence-electron chi connectivity index (χ0n) is 19.8. The van der Waals surface area contributed by atoms with Crippen LogP contribution in [0.3, 0.4) is 0 Å². The highest BCUT2D eigenvalue weighted by atomic mass is 32.2. The van der Waals surface area contributed by atoms with Crippen molar-refractivity contribution in [2.75, 3.05) is 6.61 Å². The van der Waals surface area contributed by atoms with Crippen LogP contribution < -0.4 is 0 Å². The van der Waals surface area contributed by atoms with Crippen molar-refractivity contribution in [1.82, 2.24) is 24.7 Å². The fourth-order valence-electron chi connectivity index (χ4n) is 4.70. The highest BCUT2D eigenvalue weighted by Gasteiger charge is 2.23. The number of thioether (sulfide) groups is 1. The van der Waals surface area contributed by atoms with Crippen LogP contribution in [0.4, 0.5) is 0 Å². The van der Waals surface area contributed by atoms with Crippen LogP contribution in [0, 0.1) is 13.8 Å². The first kappa shape index (κ1) is 22.1. The molecule has 2 aromatic carbocycles. The highest BCUT2D eigenvalue weighted by molar-refractivity contribution is 7.98. The third-order valence-electron chi connectivity index (χ3n) is 6.47. The molecule has 1 aliphatic rings. The second kappa shape index (κ2) is 9.36. The number of H-pyrrole nitrogens is 1. The lowest BCUT2D eigenvalue weighted by Gasteiger charge is -2.14. The fourth-order valence-corrected chi connectivity index (χ4v) is 5.52. The largest absolute Gasteiger partial charge is 0.444 e. The lowest BCUT2D eigenvalue weighted by molar-refractivity contribution is 0.0953. The van der Waals surface area contributed by atoms with Crippen LogP contribution in [-0.2, 0) is 17.0 Å². The number of aromatic nitrogens is 5. The molecule has 0 amide bonds. The van der Waals surface area contributed by atoms with Gasteiger partial charge in [0.25, 0.3) is 0 Å². The number of benzene rings is 2. The molecule has 1 unspecified atom stereocenters. The molecule has 5 aromatic rings. The smallest absolute Gasteiger partial charge is 0.226 e. The van der Waals surface area contributed by atoms with Crippen molar-refractivity contribution in [2.24, 2.45) is 0 Å². The first-order valence-corrected chi connectivity index (χ1v) is 12.9. The number of hydrogen-bond acceptors (Lipinski definition) is 6. The van der Waals surface area contributed by atoms with Crippen molar-refractivity contribution in [3.8, 4) is 22.8 Å². The van der Waals surface area contributed by atoms with Gasteiger partial charge in [0.2, 0.25) is 5.89 Å². The number of rotatable bonds is 7. The number of nitrogens with one attached hydrogen (secondary N) is 1. The van der Waals surface area contributed by atoms with Crippen molar-refractivity contribution >= 4 is 22.7 Å². The topological polar surface area (TPSA) is 81.8 Å². The number of para-hydroxylation sites is 1. The Hall–Kier alpha value is -3.36. The molecule has 3 aromatic heterocycles. The molecular formula is C27H27N5O2S. The minimum Gasteiger partial charge on any atom is -0.444 e. The van der Waals surface area contributed by atoms with Crippen LogP contribution in [0.5, 0.6) is 0 Å². The Balaban J connectivity index is 1.28. The van der Waals surface area contributed by atoms with Crippen molar-refractivity contribution in [3.63, 3.8) is 0 Å². The summed E-state index contributed by atoms with van der Waals surface area (Å²) in [5, 5.41) is 11.2. The molecule has 6 rings (SSSR count).